The van der Waals surface area contributed by atoms with Gasteiger partial charge in [-0.3, -0.25) is 4.57 Å². The Morgan fingerprint density at radius 1 is 1.58 bits per heavy atom. The van der Waals surface area contributed by atoms with E-state index in [2.05, 4.69) is 10.2 Å². The minimum atomic E-state index is -1.17. The number of thioether (sulfide) groups is 1. The Bertz CT molecular complexity index is 680. The molecule has 0 aliphatic rings. The summed E-state index contributed by atoms with van der Waals surface area (Å²) in [7, 11) is 1.55. The summed E-state index contributed by atoms with van der Waals surface area (Å²) in [6.45, 7) is 0. The van der Waals surface area contributed by atoms with Gasteiger partial charge in [-0.15, -0.1) is 5.10 Å². The average Bonchev–Trinajstić information content (AvgIpc) is 2.68. The number of aromatic carboxylic acids is 1. The monoisotopic (exact) mass is 283 g/mol. The van der Waals surface area contributed by atoms with Gasteiger partial charge >= 0.3 is 11.7 Å². The number of carboxylic acids is 1. The van der Waals surface area contributed by atoms with Gasteiger partial charge in [0.05, 0.1) is 5.56 Å². The van der Waals surface area contributed by atoms with Crippen LogP contribution in [0.5, 0.6) is 0 Å². The second kappa shape index (κ2) is 5.27. The molecule has 19 heavy (non-hydrogen) atoms. The summed E-state index contributed by atoms with van der Waals surface area (Å²) in [5.41, 5.74) is -0.0898. The first-order valence-corrected chi connectivity index (χ1v) is 6.23. The van der Waals surface area contributed by atoms with Crippen LogP contribution >= 0.6 is 11.8 Å². The van der Waals surface area contributed by atoms with Crippen molar-refractivity contribution in [2.45, 2.75) is 10.9 Å². The molecule has 0 bridgehead atoms. The van der Waals surface area contributed by atoms with E-state index in [-0.39, 0.29) is 17.0 Å². The number of nitrogens with zero attached hydrogens (tertiary/aromatic N) is 2. The van der Waals surface area contributed by atoms with Gasteiger partial charge in [0.15, 0.2) is 5.16 Å². The lowest BCUT2D eigenvalue weighted by molar-refractivity contribution is 0.0696. The average molecular weight is 283 g/mol. The number of nitrogens with one attached hydrogen (secondary N) is 1. The zero-order valence-corrected chi connectivity index (χ0v) is 10.7. The van der Waals surface area contributed by atoms with E-state index in [1.165, 1.54) is 28.5 Å². The first kappa shape index (κ1) is 13.3. The molecule has 2 rings (SSSR count). The van der Waals surface area contributed by atoms with Crippen molar-refractivity contribution < 1.29 is 14.3 Å². The number of carbonyl (C=O) groups is 1. The molecule has 100 valence electrons. The predicted molar refractivity (Wildman–Crippen MR) is 66.7 cm³/mol. The van der Waals surface area contributed by atoms with Gasteiger partial charge in [-0.25, -0.2) is 19.1 Å². The number of hydrogen-bond acceptors (Lipinski definition) is 4. The van der Waals surface area contributed by atoms with Gasteiger partial charge in [0.25, 0.3) is 0 Å². The van der Waals surface area contributed by atoms with Crippen LogP contribution in [0, 0.1) is 5.82 Å². The van der Waals surface area contributed by atoms with Gasteiger partial charge in [0.1, 0.15) is 5.82 Å². The number of hydrogen-bond donors (Lipinski definition) is 2. The molecule has 2 aromatic rings. The first-order chi connectivity index (χ1) is 8.99. The lowest BCUT2D eigenvalue weighted by Crippen LogP contribution is -2.12. The van der Waals surface area contributed by atoms with Crippen molar-refractivity contribution >= 4 is 17.7 Å². The maximum absolute atomic E-state index is 13.6. The molecular weight excluding hydrogens is 273 g/mol. The van der Waals surface area contributed by atoms with Crippen molar-refractivity contribution in [3.05, 3.63) is 45.6 Å². The van der Waals surface area contributed by atoms with Gasteiger partial charge in [0.2, 0.25) is 0 Å². The molecule has 8 heteroatoms. The van der Waals surface area contributed by atoms with Gasteiger partial charge in [0, 0.05) is 12.8 Å². The smallest absolute Gasteiger partial charge is 0.343 e. The summed E-state index contributed by atoms with van der Waals surface area (Å²) in [6, 6.07) is 3.73. The van der Waals surface area contributed by atoms with Crippen molar-refractivity contribution in [2.24, 2.45) is 7.05 Å². The fraction of sp³-hybridized carbons (Fsp3) is 0.182. The third-order valence-electron chi connectivity index (χ3n) is 2.50. The number of carboxylic acid groups (broad SMARTS) is 1. The van der Waals surface area contributed by atoms with Crippen LogP contribution in [0.25, 0.3) is 0 Å². The Hall–Kier alpha value is -2.09. The Kier molecular flexibility index (Phi) is 3.70. The van der Waals surface area contributed by atoms with Crippen molar-refractivity contribution in [2.75, 3.05) is 0 Å². The molecule has 0 aliphatic carbocycles. The van der Waals surface area contributed by atoms with Crippen LogP contribution in [0.15, 0.2) is 28.2 Å². The molecule has 2 N–H and O–H groups in total. The maximum atomic E-state index is 13.6. The molecule has 0 atom stereocenters. The normalized spacial score (nSPS) is 10.6. The van der Waals surface area contributed by atoms with E-state index < -0.39 is 11.8 Å². The summed E-state index contributed by atoms with van der Waals surface area (Å²) in [5.74, 6) is -1.51. The molecule has 0 radical (unpaired) electrons. The number of aromatic nitrogens is 3. The minimum Gasteiger partial charge on any atom is -0.478 e. The van der Waals surface area contributed by atoms with E-state index >= 15 is 0 Å². The van der Waals surface area contributed by atoms with E-state index in [4.69, 9.17) is 5.11 Å². The van der Waals surface area contributed by atoms with Crippen molar-refractivity contribution in [3.63, 3.8) is 0 Å². The topological polar surface area (TPSA) is 88.0 Å². The van der Waals surface area contributed by atoms with Gasteiger partial charge in [-0.2, -0.15) is 0 Å². The molecule has 0 amide bonds. The zero-order chi connectivity index (χ0) is 14.0. The third-order valence-corrected chi connectivity index (χ3v) is 3.57. The van der Waals surface area contributed by atoms with Crippen LogP contribution in [0.1, 0.15) is 15.9 Å². The van der Waals surface area contributed by atoms with Gasteiger partial charge < -0.3 is 5.11 Å². The Morgan fingerprint density at radius 2 is 2.32 bits per heavy atom. The molecule has 0 spiro atoms. The standard InChI is InChI=1S/C11H10FN3O3S/c1-15-10(18)13-14-11(15)19-5-7-3-2-6(9(16)17)4-8(7)12/h2-4H,5H2,1H3,(H,13,18)(H,16,17). The van der Waals surface area contributed by atoms with E-state index in [1.54, 1.807) is 7.05 Å². The molecule has 1 aromatic heterocycles. The third kappa shape index (κ3) is 2.84. The SMILES string of the molecule is Cn1c(SCc2ccc(C(=O)O)cc2F)n[nH]c1=O. The molecule has 0 fully saturated rings. The molecule has 6 nitrogen and oxygen atoms in total. The number of H-pyrrole nitrogens is 1. The van der Waals surface area contributed by atoms with E-state index in [9.17, 15) is 14.0 Å². The summed E-state index contributed by atoms with van der Waals surface area (Å²) in [5, 5.41) is 15.2. The number of halogens is 1. The lowest BCUT2D eigenvalue weighted by Gasteiger charge is -2.03. The lowest BCUT2D eigenvalue weighted by atomic mass is 10.1. The first-order valence-electron chi connectivity index (χ1n) is 5.25. The number of rotatable bonds is 4. The van der Waals surface area contributed by atoms with Crippen LogP contribution < -0.4 is 5.69 Å². The summed E-state index contributed by atoms with van der Waals surface area (Å²) < 4.78 is 15.0. The molecule has 0 unspecified atom stereocenters. The number of benzene rings is 1. The van der Waals surface area contributed by atoms with Crippen LogP contribution in [0.4, 0.5) is 4.39 Å². The van der Waals surface area contributed by atoms with Gasteiger partial charge in [-0.05, 0) is 17.7 Å². The highest BCUT2D eigenvalue weighted by Gasteiger charge is 2.10. The highest BCUT2D eigenvalue weighted by Crippen LogP contribution is 2.21. The molecule has 0 aliphatic heterocycles. The zero-order valence-electron chi connectivity index (χ0n) is 9.88. The second-order valence-corrected chi connectivity index (χ2v) is 4.71. The largest absolute Gasteiger partial charge is 0.478 e. The Labute approximate surface area is 111 Å². The highest BCUT2D eigenvalue weighted by molar-refractivity contribution is 7.98. The van der Waals surface area contributed by atoms with Crippen molar-refractivity contribution in [1.29, 1.82) is 0 Å². The molecule has 1 heterocycles. The van der Waals surface area contributed by atoms with Crippen molar-refractivity contribution in [3.8, 4) is 0 Å². The second-order valence-electron chi connectivity index (χ2n) is 3.77. The van der Waals surface area contributed by atoms with Crippen LogP contribution in [-0.4, -0.2) is 25.8 Å². The predicted octanol–water partition coefficient (Wildman–Crippen LogP) is 1.24. The maximum Gasteiger partial charge on any atom is 0.343 e. The molecule has 0 saturated heterocycles. The van der Waals surface area contributed by atoms with E-state index in [0.717, 1.165) is 6.07 Å². The summed E-state index contributed by atoms with van der Waals surface area (Å²) >= 11 is 1.18. The van der Waals surface area contributed by atoms with E-state index in [0.29, 0.717) is 10.7 Å². The fourth-order valence-corrected chi connectivity index (χ4v) is 2.31. The van der Waals surface area contributed by atoms with E-state index in [1.807, 2.05) is 0 Å². The van der Waals surface area contributed by atoms with Crippen LogP contribution in [-0.2, 0) is 12.8 Å². The molecule has 1 aromatic carbocycles. The molecular formula is C11H10FN3O3S. The Balaban J connectivity index is 2.14. The summed E-state index contributed by atoms with van der Waals surface area (Å²) in [6.07, 6.45) is 0. The fourth-order valence-electron chi connectivity index (χ4n) is 1.40. The molecule has 0 saturated carbocycles. The van der Waals surface area contributed by atoms with Crippen molar-refractivity contribution in [1.82, 2.24) is 14.8 Å². The van der Waals surface area contributed by atoms with Crippen LogP contribution in [0.3, 0.4) is 0 Å². The number of aromatic amines is 1. The highest BCUT2D eigenvalue weighted by atomic mass is 32.2. The summed E-state index contributed by atoms with van der Waals surface area (Å²) in [4.78, 5) is 21.8. The van der Waals surface area contributed by atoms with Crippen LogP contribution in [0.2, 0.25) is 0 Å². The minimum absolute atomic E-state index is 0.0987. The Morgan fingerprint density at radius 3 is 2.84 bits per heavy atom. The van der Waals surface area contributed by atoms with Gasteiger partial charge in [-0.1, -0.05) is 17.8 Å². The quantitative estimate of drug-likeness (QED) is 0.824.